The van der Waals surface area contributed by atoms with E-state index in [-0.39, 0.29) is 11.3 Å². The van der Waals surface area contributed by atoms with Gasteiger partial charge in [-0.3, -0.25) is 4.79 Å². The third-order valence-corrected chi connectivity index (χ3v) is 3.81. The van der Waals surface area contributed by atoms with Crippen molar-refractivity contribution >= 4 is 28.7 Å². The van der Waals surface area contributed by atoms with Gasteiger partial charge in [0.05, 0.1) is 0 Å². The van der Waals surface area contributed by atoms with E-state index in [4.69, 9.17) is 4.42 Å². The normalized spacial score (nSPS) is 10.9. The summed E-state index contributed by atoms with van der Waals surface area (Å²) in [5.41, 5.74) is 0.859. The molecular weight excluding hydrogens is 292 g/mol. The summed E-state index contributed by atoms with van der Waals surface area (Å²) >= 11 is 1.25. The van der Waals surface area contributed by atoms with Crippen LogP contribution in [-0.4, -0.2) is 21.0 Å². The van der Waals surface area contributed by atoms with E-state index in [1.54, 1.807) is 12.1 Å². The number of aromatic amines is 1. The first-order chi connectivity index (χ1) is 10.1. The molecule has 0 atom stereocenters. The number of aromatic carboxylic acids is 1. The molecule has 0 aliphatic rings. The molecule has 0 aliphatic heterocycles. The van der Waals surface area contributed by atoms with Crippen LogP contribution in [0.15, 0.2) is 50.9 Å². The van der Waals surface area contributed by atoms with Crippen molar-refractivity contribution in [2.24, 2.45) is 0 Å². The summed E-state index contributed by atoms with van der Waals surface area (Å²) in [6, 6.07) is 8.45. The van der Waals surface area contributed by atoms with E-state index in [1.807, 2.05) is 12.1 Å². The number of furan rings is 1. The van der Waals surface area contributed by atoms with Gasteiger partial charge < -0.3 is 14.5 Å². The summed E-state index contributed by atoms with van der Waals surface area (Å²) in [6.07, 6.45) is 1.41. The second-order valence-corrected chi connectivity index (χ2v) is 5.20. The Kier molecular flexibility index (Phi) is 3.49. The fourth-order valence-electron chi connectivity index (χ4n) is 1.98. The van der Waals surface area contributed by atoms with Crippen molar-refractivity contribution in [2.45, 2.75) is 10.9 Å². The Morgan fingerprint density at radius 3 is 2.90 bits per heavy atom. The zero-order chi connectivity index (χ0) is 14.8. The quantitative estimate of drug-likeness (QED) is 0.568. The minimum Gasteiger partial charge on any atom is -0.475 e. The Morgan fingerprint density at radius 1 is 1.33 bits per heavy atom. The largest absolute Gasteiger partial charge is 0.475 e. The summed E-state index contributed by atoms with van der Waals surface area (Å²) in [4.78, 5) is 29.1. The molecule has 0 spiro atoms. The molecule has 7 heteroatoms. The number of carboxylic acid groups (broad SMARTS) is 1. The zero-order valence-electron chi connectivity index (χ0n) is 10.7. The van der Waals surface area contributed by atoms with Crippen LogP contribution in [0, 0.1) is 0 Å². The van der Waals surface area contributed by atoms with E-state index in [1.165, 1.54) is 24.0 Å². The van der Waals surface area contributed by atoms with Crippen LogP contribution in [0.3, 0.4) is 0 Å². The second-order valence-electron chi connectivity index (χ2n) is 4.24. The highest BCUT2D eigenvalue weighted by atomic mass is 32.2. The number of H-pyrrole nitrogens is 1. The Hall–Kier alpha value is -2.54. The van der Waals surface area contributed by atoms with E-state index in [9.17, 15) is 14.7 Å². The smallest absolute Gasteiger partial charge is 0.372 e. The second kappa shape index (κ2) is 5.45. The highest BCUT2D eigenvalue weighted by Gasteiger charge is 2.19. The average molecular weight is 302 g/mol. The van der Waals surface area contributed by atoms with Crippen molar-refractivity contribution in [1.29, 1.82) is 0 Å². The fourth-order valence-corrected chi connectivity index (χ4v) is 2.86. The molecule has 0 radical (unpaired) electrons. The highest BCUT2D eigenvalue weighted by Crippen LogP contribution is 2.30. The van der Waals surface area contributed by atoms with E-state index in [0.717, 1.165) is 5.39 Å². The number of carboxylic acids is 1. The maximum absolute atomic E-state index is 11.3. The molecule has 2 N–H and O–H groups in total. The fraction of sp³-hybridized carbons (Fsp3) is 0.0714. The van der Waals surface area contributed by atoms with Gasteiger partial charge in [0.25, 0.3) is 5.56 Å². The lowest BCUT2D eigenvalue weighted by Gasteiger charge is -2.00. The summed E-state index contributed by atoms with van der Waals surface area (Å²) in [7, 11) is 0. The van der Waals surface area contributed by atoms with Gasteiger partial charge in [0.1, 0.15) is 5.58 Å². The Morgan fingerprint density at radius 2 is 2.14 bits per heavy atom. The molecule has 2 heterocycles. The van der Waals surface area contributed by atoms with Crippen molar-refractivity contribution in [3.63, 3.8) is 0 Å². The standard InChI is InChI=1S/C14H10N2O4S/c17-11-5-6-15-14(16-11)21-7-9-8-3-1-2-4-10(8)20-12(9)13(18)19/h1-6H,7H2,(H,18,19)(H,15,16,17). The average Bonchev–Trinajstić information content (AvgIpc) is 2.84. The molecule has 0 saturated carbocycles. The summed E-state index contributed by atoms with van der Waals surface area (Å²) in [6.45, 7) is 0. The van der Waals surface area contributed by atoms with E-state index in [0.29, 0.717) is 22.1 Å². The molecule has 106 valence electrons. The molecule has 0 fully saturated rings. The topological polar surface area (TPSA) is 96.2 Å². The molecule has 0 bridgehead atoms. The molecule has 3 rings (SSSR count). The number of nitrogens with zero attached hydrogens (tertiary/aromatic N) is 1. The van der Waals surface area contributed by atoms with Gasteiger partial charge in [-0.15, -0.1) is 0 Å². The molecule has 6 nitrogen and oxygen atoms in total. The number of carbonyl (C=O) groups is 1. The van der Waals surface area contributed by atoms with Crippen molar-refractivity contribution in [2.75, 3.05) is 0 Å². The molecule has 3 aromatic rings. The van der Waals surface area contributed by atoms with Crippen molar-refractivity contribution < 1.29 is 14.3 Å². The Bertz CT molecular complexity index is 869. The Balaban J connectivity index is 1.97. The van der Waals surface area contributed by atoms with E-state index < -0.39 is 5.97 Å². The first-order valence-electron chi connectivity index (χ1n) is 6.07. The predicted octanol–water partition coefficient (Wildman–Crippen LogP) is 2.51. The number of fused-ring (bicyclic) bond motifs is 1. The van der Waals surface area contributed by atoms with Gasteiger partial charge in [0.2, 0.25) is 5.76 Å². The molecule has 0 amide bonds. The van der Waals surface area contributed by atoms with Gasteiger partial charge in [-0.05, 0) is 6.07 Å². The van der Waals surface area contributed by atoms with Crippen LogP contribution >= 0.6 is 11.8 Å². The summed E-state index contributed by atoms with van der Waals surface area (Å²) in [5.74, 6) is -0.857. The molecule has 0 saturated heterocycles. The zero-order valence-corrected chi connectivity index (χ0v) is 11.5. The number of para-hydroxylation sites is 1. The van der Waals surface area contributed by atoms with Gasteiger partial charge in [-0.25, -0.2) is 9.78 Å². The SMILES string of the molecule is O=C(O)c1oc2ccccc2c1CSc1nccc(=O)[nH]1. The third-order valence-electron chi connectivity index (χ3n) is 2.89. The van der Waals surface area contributed by atoms with Gasteiger partial charge in [0.15, 0.2) is 5.16 Å². The van der Waals surface area contributed by atoms with Crippen LogP contribution in [-0.2, 0) is 5.75 Å². The van der Waals surface area contributed by atoms with Gasteiger partial charge in [-0.2, -0.15) is 0 Å². The maximum Gasteiger partial charge on any atom is 0.372 e. The monoisotopic (exact) mass is 302 g/mol. The third kappa shape index (κ3) is 2.68. The van der Waals surface area contributed by atoms with Crippen LogP contribution in [0.1, 0.15) is 16.1 Å². The van der Waals surface area contributed by atoms with E-state index >= 15 is 0 Å². The summed E-state index contributed by atoms with van der Waals surface area (Å²) in [5, 5.41) is 10.4. The van der Waals surface area contributed by atoms with Crippen LogP contribution < -0.4 is 5.56 Å². The molecule has 1 aromatic carbocycles. The summed E-state index contributed by atoms with van der Waals surface area (Å²) < 4.78 is 5.37. The lowest BCUT2D eigenvalue weighted by Crippen LogP contribution is -2.05. The first kappa shape index (κ1) is 13.4. The predicted molar refractivity (Wildman–Crippen MR) is 77.6 cm³/mol. The highest BCUT2D eigenvalue weighted by molar-refractivity contribution is 7.98. The lowest BCUT2D eigenvalue weighted by atomic mass is 10.1. The van der Waals surface area contributed by atoms with Gasteiger partial charge in [0, 0.05) is 29.0 Å². The molecule has 21 heavy (non-hydrogen) atoms. The number of benzene rings is 1. The number of hydrogen-bond donors (Lipinski definition) is 2. The molecule has 2 aromatic heterocycles. The van der Waals surface area contributed by atoms with Gasteiger partial charge in [-0.1, -0.05) is 30.0 Å². The molecule has 0 aliphatic carbocycles. The van der Waals surface area contributed by atoms with Crippen LogP contribution in [0.4, 0.5) is 0 Å². The number of rotatable bonds is 4. The lowest BCUT2D eigenvalue weighted by molar-refractivity contribution is 0.0664. The van der Waals surface area contributed by atoms with Crippen molar-refractivity contribution in [3.8, 4) is 0 Å². The van der Waals surface area contributed by atoms with Crippen molar-refractivity contribution in [3.05, 3.63) is 58.2 Å². The molecular formula is C14H10N2O4S. The van der Waals surface area contributed by atoms with Crippen LogP contribution in [0.2, 0.25) is 0 Å². The number of aromatic nitrogens is 2. The first-order valence-corrected chi connectivity index (χ1v) is 7.05. The van der Waals surface area contributed by atoms with E-state index in [2.05, 4.69) is 9.97 Å². The Labute approximate surface area is 122 Å². The van der Waals surface area contributed by atoms with Crippen LogP contribution in [0.5, 0.6) is 0 Å². The number of hydrogen-bond acceptors (Lipinski definition) is 5. The minimum absolute atomic E-state index is 0.0815. The molecule has 0 unspecified atom stereocenters. The number of nitrogens with one attached hydrogen (secondary N) is 1. The maximum atomic E-state index is 11.3. The minimum atomic E-state index is -1.11. The van der Waals surface area contributed by atoms with Crippen molar-refractivity contribution in [1.82, 2.24) is 9.97 Å². The number of thioether (sulfide) groups is 1. The van der Waals surface area contributed by atoms with Crippen LogP contribution in [0.25, 0.3) is 11.0 Å². The van der Waals surface area contributed by atoms with Gasteiger partial charge >= 0.3 is 5.97 Å².